The molecule has 1 aliphatic heterocycles. The molecule has 3 aromatic rings. The molecule has 0 bridgehead atoms. The standard InChI is InChI=1S/C28H32FNO3.ClH/c29-25-13-11-21(12-14-25)27(32)22-15-17-30(18-16-22)19-26(31)20-33-28(23-7-3-1-4-8-23)24-9-5-2-6-10-24;/h1-14,22,26-28,31-32H,15-20H2;1H. The van der Waals surface area contributed by atoms with Gasteiger partial charge in [0.15, 0.2) is 0 Å². The zero-order chi connectivity index (χ0) is 23.0. The Bertz CT molecular complexity index is 926. The lowest BCUT2D eigenvalue weighted by Crippen LogP contribution is -2.41. The van der Waals surface area contributed by atoms with Crippen molar-refractivity contribution in [2.24, 2.45) is 5.92 Å². The first-order valence-corrected chi connectivity index (χ1v) is 11.7. The van der Waals surface area contributed by atoms with E-state index in [4.69, 9.17) is 4.74 Å². The predicted molar refractivity (Wildman–Crippen MR) is 134 cm³/mol. The van der Waals surface area contributed by atoms with Gasteiger partial charge in [-0.1, -0.05) is 72.8 Å². The molecule has 6 heteroatoms. The molecule has 4 rings (SSSR count). The topological polar surface area (TPSA) is 52.9 Å². The molecule has 34 heavy (non-hydrogen) atoms. The van der Waals surface area contributed by atoms with Crippen molar-refractivity contribution < 1.29 is 19.3 Å². The number of halogens is 2. The highest BCUT2D eigenvalue weighted by molar-refractivity contribution is 5.85. The van der Waals surface area contributed by atoms with Crippen molar-refractivity contribution in [3.63, 3.8) is 0 Å². The van der Waals surface area contributed by atoms with Crippen molar-refractivity contribution in [1.82, 2.24) is 4.90 Å². The third-order valence-electron chi connectivity index (χ3n) is 6.42. The third kappa shape index (κ3) is 7.11. The van der Waals surface area contributed by atoms with Gasteiger partial charge in [0.05, 0.1) is 18.8 Å². The van der Waals surface area contributed by atoms with Crippen LogP contribution in [0.1, 0.15) is 41.7 Å². The molecule has 0 aromatic heterocycles. The number of benzene rings is 3. The van der Waals surface area contributed by atoms with Crippen molar-refractivity contribution in [2.45, 2.75) is 31.2 Å². The van der Waals surface area contributed by atoms with E-state index >= 15 is 0 Å². The van der Waals surface area contributed by atoms with E-state index in [1.807, 2.05) is 60.7 Å². The average Bonchev–Trinajstić information content (AvgIpc) is 2.86. The molecule has 1 heterocycles. The van der Waals surface area contributed by atoms with Gasteiger partial charge in [0.1, 0.15) is 11.9 Å². The first-order valence-electron chi connectivity index (χ1n) is 11.7. The Morgan fingerprint density at radius 3 is 1.85 bits per heavy atom. The molecule has 2 N–H and O–H groups in total. The zero-order valence-electron chi connectivity index (χ0n) is 19.2. The van der Waals surface area contributed by atoms with E-state index in [0.29, 0.717) is 6.54 Å². The van der Waals surface area contributed by atoms with Crippen LogP contribution in [-0.2, 0) is 4.74 Å². The van der Waals surface area contributed by atoms with E-state index in [0.717, 1.165) is 42.6 Å². The number of β-amino-alcohol motifs (C(OH)–C–C–N with tert-alkyl or cyclic N) is 1. The van der Waals surface area contributed by atoms with Gasteiger partial charge in [-0.25, -0.2) is 4.39 Å². The van der Waals surface area contributed by atoms with Crippen LogP contribution in [0.25, 0.3) is 0 Å². The number of nitrogens with zero attached hydrogens (tertiary/aromatic N) is 1. The van der Waals surface area contributed by atoms with Crippen molar-refractivity contribution in [3.8, 4) is 0 Å². The number of hydrogen-bond acceptors (Lipinski definition) is 4. The molecule has 2 atom stereocenters. The Hall–Kier alpha value is -2.28. The second-order valence-corrected chi connectivity index (χ2v) is 8.82. The molecular weight excluding hydrogens is 453 g/mol. The molecule has 0 saturated carbocycles. The summed E-state index contributed by atoms with van der Waals surface area (Å²) >= 11 is 0. The maximum atomic E-state index is 13.1. The summed E-state index contributed by atoms with van der Waals surface area (Å²) < 4.78 is 19.3. The van der Waals surface area contributed by atoms with Crippen LogP contribution in [0, 0.1) is 11.7 Å². The van der Waals surface area contributed by atoms with Gasteiger partial charge < -0.3 is 19.8 Å². The second-order valence-electron chi connectivity index (χ2n) is 8.82. The fraction of sp³-hybridized carbons (Fsp3) is 0.357. The molecule has 1 fully saturated rings. The Kier molecular flexibility index (Phi) is 10.1. The van der Waals surface area contributed by atoms with Crippen molar-refractivity contribution >= 4 is 12.4 Å². The molecule has 3 aromatic carbocycles. The van der Waals surface area contributed by atoms with Crippen LogP contribution < -0.4 is 0 Å². The quantitative estimate of drug-likeness (QED) is 0.439. The summed E-state index contributed by atoms with van der Waals surface area (Å²) in [7, 11) is 0. The molecule has 0 spiro atoms. The van der Waals surface area contributed by atoms with Crippen LogP contribution in [0.2, 0.25) is 0 Å². The molecule has 1 aliphatic rings. The van der Waals surface area contributed by atoms with Crippen LogP contribution in [-0.4, -0.2) is 47.5 Å². The smallest absolute Gasteiger partial charge is 0.123 e. The first-order chi connectivity index (χ1) is 16.1. The maximum absolute atomic E-state index is 13.1. The summed E-state index contributed by atoms with van der Waals surface area (Å²) in [6, 6.07) is 26.2. The highest BCUT2D eigenvalue weighted by atomic mass is 35.5. The van der Waals surface area contributed by atoms with Gasteiger partial charge in [0.2, 0.25) is 0 Å². The molecule has 0 amide bonds. The van der Waals surface area contributed by atoms with Crippen LogP contribution in [0.15, 0.2) is 84.9 Å². The number of rotatable bonds is 9. The van der Waals surface area contributed by atoms with Gasteiger partial charge in [0.25, 0.3) is 0 Å². The van der Waals surface area contributed by atoms with E-state index in [2.05, 4.69) is 4.90 Å². The lowest BCUT2D eigenvalue weighted by Gasteiger charge is -2.35. The maximum Gasteiger partial charge on any atom is 0.123 e. The minimum Gasteiger partial charge on any atom is -0.389 e. The summed E-state index contributed by atoms with van der Waals surface area (Å²) in [6.45, 7) is 2.39. The third-order valence-corrected chi connectivity index (χ3v) is 6.42. The zero-order valence-corrected chi connectivity index (χ0v) is 20.0. The summed E-state index contributed by atoms with van der Waals surface area (Å²) in [5, 5.41) is 21.3. The Balaban J connectivity index is 0.00000324. The summed E-state index contributed by atoms with van der Waals surface area (Å²) in [4.78, 5) is 2.22. The van der Waals surface area contributed by atoms with E-state index in [9.17, 15) is 14.6 Å². The summed E-state index contributed by atoms with van der Waals surface area (Å²) in [5.74, 6) is -0.153. The van der Waals surface area contributed by atoms with Crippen LogP contribution in [0.4, 0.5) is 4.39 Å². The van der Waals surface area contributed by atoms with E-state index in [1.165, 1.54) is 12.1 Å². The number of likely N-dealkylation sites (tertiary alicyclic amines) is 1. The summed E-state index contributed by atoms with van der Waals surface area (Å²) in [6.07, 6.45) is 0.265. The lowest BCUT2D eigenvalue weighted by molar-refractivity contribution is -0.0174. The fourth-order valence-corrected chi connectivity index (χ4v) is 4.58. The predicted octanol–water partition coefficient (Wildman–Crippen LogP) is 5.16. The highest BCUT2D eigenvalue weighted by Gasteiger charge is 2.27. The molecule has 1 saturated heterocycles. The molecule has 182 valence electrons. The number of ether oxygens (including phenoxy) is 1. The molecule has 0 aliphatic carbocycles. The van der Waals surface area contributed by atoms with E-state index in [-0.39, 0.29) is 36.9 Å². The average molecular weight is 486 g/mol. The van der Waals surface area contributed by atoms with Crippen molar-refractivity contribution in [2.75, 3.05) is 26.2 Å². The second kappa shape index (κ2) is 13.0. The van der Waals surface area contributed by atoms with Crippen LogP contribution in [0.3, 0.4) is 0 Å². The monoisotopic (exact) mass is 485 g/mol. The highest BCUT2D eigenvalue weighted by Crippen LogP contribution is 2.31. The van der Waals surface area contributed by atoms with E-state index in [1.54, 1.807) is 12.1 Å². The number of aliphatic hydroxyl groups is 2. The minimum atomic E-state index is -0.599. The van der Waals surface area contributed by atoms with Crippen molar-refractivity contribution in [3.05, 3.63) is 107 Å². The number of hydrogen-bond donors (Lipinski definition) is 2. The van der Waals surface area contributed by atoms with Crippen molar-refractivity contribution in [1.29, 1.82) is 0 Å². The minimum absolute atomic E-state index is 0. The first kappa shape index (κ1) is 26.3. The van der Waals surface area contributed by atoms with Crippen LogP contribution >= 0.6 is 12.4 Å². The van der Waals surface area contributed by atoms with E-state index < -0.39 is 12.2 Å². The van der Waals surface area contributed by atoms with Gasteiger partial charge in [0, 0.05) is 6.54 Å². The molecule has 0 radical (unpaired) electrons. The van der Waals surface area contributed by atoms with Gasteiger partial charge >= 0.3 is 0 Å². The molecular formula is C28H33ClFNO3. The van der Waals surface area contributed by atoms with Gasteiger partial charge in [-0.2, -0.15) is 0 Å². The molecule has 4 nitrogen and oxygen atoms in total. The normalized spacial score (nSPS) is 16.7. The Morgan fingerprint density at radius 2 is 1.32 bits per heavy atom. The largest absolute Gasteiger partial charge is 0.389 e. The number of piperidine rings is 1. The van der Waals surface area contributed by atoms with Gasteiger partial charge in [-0.3, -0.25) is 0 Å². The Morgan fingerprint density at radius 1 is 0.794 bits per heavy atom. The Labute approximate surface area is 207 Å². The SMILES string of the molecule is Cl.OC(COC(c1ccccc1)c1ccccc1)CN1CCC(C(O)c2ccc(F)cc2)CC1. The fourth-order valence-electron chi connectivity index (χ4n) is 4.58. The molecule has 2 unspecified atom stereocenters. The number of aliphatic hydroxyl groups excluding tert-OH is 2. The lowest BCUT2D eigenvalue weighted by atomic mass is 9.87. The van der Waals surface area contributed by atoms with Gasteiger partial charge in [-0.05, 0) is 60.7 Å². The summed E-state index contributed by atoms with van der Waals surface area (Å²) in [5.41, 5.74) is 2.88. The van der Waals surface area contributed by atoms with Gasteiger partial charge in [-0.15, -0.1) is 12.4 Å². The van der Waals surface area contributed by atoms with Crippen LogP contribution in [0.5, 0.6) is 0 Å².